The molecule has 0 aliphatic carbocycles. The number of ether oxygens (including phenoxy) is 1. The van der Waals surface area contributed by atoms with Gasteiger partial charge in [-0.2, -0.15) is 0 Å². The summed E-state index contributed by atoms with van der Waals surface area (Å²) in [7, 11) is 1.52. The highest BCUT2D eigenvalue weighted by Crippen LogP contribution is 2.28. The number of benzene rings is 2. The molecule has 3 aromatic rings. The van der Waals surface area contributed by atoms with Crippen molar-refractivity contribution in [3.63, 3.8) is 0 Å². The van der Waals surface area contributed by atoms with Gasteiger partial charge >= 0.3 is 0 Å². The van der Waals surface area contributed by atoms with Gasteiger partial charge in [0.15, 0.2) is 0 Å². The molecule has 0 spiro atoms. The molecule has 26 heavy (non-hydrogen) atoms. The van der Waals surface area contributed by atoms with Crippen molar-refractivity contribution < 1.29 is 9.53 Å². The molecule has 7 heteroatoms. The molecular formula is C19H15Cl2N3O2. The highest BCUT2D eigenvalue weighted by Gasteiger charge is 2.12. The zero-order valence-corrected chi connectivity index (χ0v) is 15.3. The normalized spacial score (nSPS) is 10.3. The Morgan fingerprint density at radius 3 is 2.58 bits per heavy atom. The molecule has 0 bridgehead atoms. The molecule has 2 N–H and O–H groups in total. The average Bonchev–Trinajstić information content (AvgIpc) is 2.65. The molecular weight excluding hydrogens is 373 g/mol. The van der Waals surface area contributed by atoms with E-state index in [0.717, 1.165) is 5.69 Å². The third-order valence-electron chi connectivity index (χ3n) is 3.57. The number of methoxy groups -OCH3 is 1. The summed E-state index contributed by atoms with van der Waals surface area (Å²) < 4.78 is 5.20. The molecule has 5 nitrogen and oxygen atoms in total. The maximum absolute atomic E-state index is 12.4. The van der Waals surface area contributed by atoms with Crippen molar-refractivity contribution in [2.75, 3.05) is 17.7 Å². The summed E-state index contributed by atoms with van der Waals surface area (Å²) in [5.41, 5.74) is 1.88. The fraction of sp³-hybridized carbons (Fsp3) is 0.0526. The van der Waals surface area contributed by atoms with Crippen LogP contribution in [0.2, 0.25) is 10.0 Å². The average molecular weight is 388 g/mol. The van der Waals surface area contributed by atoms with Crippen LogP contribution < -0.4 is 15.4 Å². The minimum absolute atomic E-state index is 0.295. The number of nitrogens with zero attached hydrogens (tertiary/aromatic N) is 1. The number of carbonyl (C=O) groups excluding carboxylic acids is 1. The number of rotatable bonds is 5. The van der Waals surface area contributed by atoms with Gasteiger partial charge in [0.1, 0.15) is 11.6 Å². The second-order valence-electron chi connectivity index (χ2n) is 5.34. The number of amides is 1. The number of anilines is 3. The summed E-state index contributed by atoms with van der Waals surface area (Å²) in [4.78, 5) is 16.6. The summed E-state index contributed by atoms with van der Waals surface area (Å²) in [5, 5.41) is 6.95. The Morgan fingerprint density at radius 1 is 1.08 bits per heavy atom. The molecule has 1 amide bonds. The number of aromatic nitrogens is 1. The van der Waals surface area contributed by atoms with Crippen LogP contribution in [-0.4, -0.2) is 18.0 Å². The van der Waals surface area contributed by atoms with E-state index >= 15 is 0 Å². The lowest BCUT2D eigenvalue weighted by atomic mass is 10.2. The number of nitrogens with one attached hydrogen (secondary N) is 2. The molecule has 0 saturated carbocycles. The molecule has 1 aromatic heterocycles. The molecule has 0 unspecified atom stereocenters. The number of hydrogen-bond acceptors (Lipinski definition) is 4. The number of para-hydroxylation sites is 1. The quantitative estimate of drug-likeness (QED) is 0.615. The number of halogens is 2. The third-order valence-corrected chi connectivity index (χ3v) is 4.11. The summed E-state index contributed by atoms with van der Waals surface area (Å²) >= 11 is 12.0. The van der Waals surface area contributed by atoms with E-state index in [1.165, 1.54) is 7.11 Å². The number of carbonyl (C=O) groups is 1. The molecule has 0 atom stereocenters. The van der Waals surface area contributed by atoms with Crippen molar-refractivity contribution in [1.29, 1.82) is 0 Å². The maximum atomic E-state index is 12.4. The number of pyridine rings is 1. The van der Waals surface area contributed by atoms with Crippen molar-refractivity contribution in [3.05, 3.63) is 76.4 Å². The van der Waals surface area contributed by atoms with Gasteiger partial charge in [-0.25, -0.2) is 4.98 Å². The van der Waals surface area contributed by atoms with Gasteiger partial charge in [-0.1, -0.05) is 35.3 Å². The van der Waals surface area contributed by atoms with Gasteiger partial charge in [-0.3, -0.25) is 4.79 Å². The molecule has 2 aromatic carbocycles. The van der Waals surface area contributed by atoms with E-state index in [1.807, 2.05) is 0 Å². The molecule has 0 aliphatic rings. The van der Waals surface area contributed by atoms with Gasteiger partial charge in [-0.15, -0.1) is 0 Å². The predicted octanol–water partition coefficient (Wildman–Crippen LogP) is 5.39. The lowest BCUT2D eigenvalue weighted by Crippen LogP contribution is -2.14. The highest BCUT2D eigenvalue weighted by molar-refractivity contribution is 6.36. The topological polar surface area (TPSA) is 63.2 Å². The van der Waals surface area contributed by atoms with Crippen molar-refractivity contribution in [2.24, 2.45) is 0 Å². The van der Waals surface area contributed by atoms with E-state index in [9.17, 15) is 4.79 Å². The van der Waals surface area contributed by atoms with Crippen molar-refractivity contribution >= 4 is 46.3 Å². The van der Waals surface area contributed by atoms with Crippen molar-refractivity contribution in [2.45, 2.75) is 0 Å². The maximum Gasteiger partial charge on any atom is 0.260 e. The fourth-order valence-corrected chi connectivity index (χ4v) is 2.76. The highest BCUT2D eigenvalue weighted by atomic mass is 35.5. The van der Waals surface area contributed by atoms with Crippen LogP contribution in [-0.2, 0) is 0 Å². The van der Waals surface area contributed by atoms with Crippen LogP contribution in [0.5, 0.6) is 5.75 Å². The van der Waals surface area contributed by atoms with Gasteiger partial charge in [0.05, 0.1) is 35.3 Å². The Kier molecular flexibility index (Phi) is 5.61. The van der Waals surface area contributed by atoms with E-state index in [1.54, 1.807) is 60.8 Å². The van der Waals surface area contributed by atoms with Gasteiger partial charge in [0.25, 0.3) is 5.91 Å². The largest absolute Gasteiger partial charge is 0.496 e. The molecule has 0 fully saturated rings. The van der Waals surface area contributed by atoms with E-state index < -0.39 is 0 Å². The first-order chi connectivity index (χ1) is 12.6. The lowest BCUT2D eigenvalue weighted by molar-refractivity contribution is 0.102. The third kappa shape index (κ3) is 4.25. The van der Waals surface area contributed by atoms with Gasteiger partial charge in [0, 0.05) is 5.02 Å². The number of hydrogen-bond donors (Lipinski definition) is 2. The summed E-state index contributed by atoms with van der Waals surface area (Å²) in [6, 6.07) is 15.6. The van der Waals surface area contributed by atoms with Crippen LogP contribution in [0.15, 0.2) is 60.8 Å². The standard InChI is InChI=1S/C19H15Cl2N3O2/c1-26-17-5-3-2-4-14(17)19(25)24-18-9-7-13(11-22-18)23-16-8-6-12(20)10-15(16)21/h2-11,23H,1H3,(H,22,24,25). The first kappa shape index (κ1) is 18.0. The molecule has 1 heterocycles. The van der Waals surface area contributed by atoms with Crippen LogP contribution in [0.1, 0.15) is 10.4 Å². The van der Waals surface area contributed by atoms with E-state index in [-0.39, 0.29) is 5.91 Å². The summed E-state index contributed by atoms with van der Waals surface area (Å²) in [6.45, 7) is 0. The van der Waals surface area contributed by atoms with E-state index in [4.69, 9.17) is 27.9 Å². The Balaban J connectivity index is 1.70. The second-order valence-corrected chi connectivity index (χ2v) is 6.18. The van der Waals surface area contributed by atoms with Crippen molar-refractivity contribution in [1.82, 2.24) is 4.98 Å². The second kappa shape index (κ2) is 8.08. The minimum Gasteiger partial charge on any atom is -0.496 e. The Labute approximate surface area is 160 Å². The molecule has 0 saturated heterocycles. The molecule has 0 radical (unpaired) electrons. The first-order valence-corrected chi connectivity index (χ1v) is 8.45. The molecule has 132 valence electrons. The molecule has 0 aliphatic heterocycles. The van der Waals surface area contributed by atoms with Crippen molar-refractivity contribution in [3.8, 4) is 5.75 Å². The minimum atomic E-state index is -0.295. The zero-order valence-electron chi connectivity index (χ0n) is 13.8. The summed E-state index contributed by atoms with van der Waals surface area (Å²) in [6.07, 6.45) is 1.60. The lowest BCUT2D eigenvalue weighted by Gasteiger charge is -2.10. The van der Waals surface area contributed by atoms with E-state index in [0.29, 0.717) is 32.9 Å². The van der Waals surface area contributed by atoms with Crippen LogP contribution in [0, 0.1) is 0 Å². The van der Waals surface area contributed by atoms with Gasteiger partial charge in [-0.05, 0) is 42.5 Å². The van der Waals surface area contributed by atoms with Crippen LogP contribution in [0.3, 0.4) is 0 Å². The Bertz CT molecular complexity index is 930. The van der Waals surface area contributed by atoms with E-state index in [2.05, 4.69) is 15.6 Å². The zero-order chi connectivity index (χ0) is 18.5. The van der Waals surface area contributed by atoms with Crippen LogP contribution in [0.4, 0.5) is 17.2 Å². The predicted molar refractivity (Wildman–Crippen MR) is 105 cm³/mol. The molecule has 3 rings (SSSR count). The Morgan fingerprint density at radius 2 is 1.88 bits per heavy atom. The SMILES string of the molecule is COc1ccccc1C(=O)Nc1ccc(Nc2ccc(Cl)cc2Cl)cn1. The van der Waals surface area contributed by atoms with Gasteiger partial charge in [0.2, 0.25) is 0 Å². The fourth-order valence-electron chi connectivity index (χ4n) is 2.30. The van der Waals surface area contributed by atoms with Crippen LogP contribution in [0.25, 0.3) is 0 Å². The smallest absolute Gasteiger partial charge is 0.260 e. The Hall–Kier alpha value is -2.76. The monoisotopic (exact) mass is 387 g/mol. The van der Waals surface area contributed by atoms with Crippen LogP contribution >= 0.6 is 23.2 Å². The first-order valence-electron chi connectivity index (χ1n) is 7.69. The summed E-state index contributed by atoms with van der Waals surface area (Å²) in [5.74, 6) is 0.630. The van der Waals surface area contributed by atoms with Gasteiger partial charge < -0.3 is 15.4 Å².